The molecule has 0 aliphatic rings. The summed E-state index contributed by atoms with van der Waals surface area (Å²) < 4.78 is 57.8. The van der Waals surface area contributed by atoms with Crippen LogP contribution in [0.4, 0.5) is 0 Å². The molecule has 0 aliphatic carbocycles. The minimum Gasteiger partial charge on any atom is -0.497 e. The van der Waals surface area contributed by atoms with E-state index in [1.165, 1.54) is 0 Å². The molecule has 0 saturated carbocycles. The number of ether oxygens (including phenoxy) is 1. The molecule has 1 rings (SSSR count). The zero-order valence-corrected chi connectivity index (χ0v) is 20.3. The minimum absolute atomic E-state index is 0.0173. The van der Waals surface area contributed by atoms with Crippen LogP contribution in [0.15, 0.2) is 36.7 Å². The second-order valence-corrected chi connectivity index (χ2v) is 10.9. The fraction of sp³-hybridized carbons (Fsp3) is 0.526. The summed E-state index contributed by atoms with van der Waals surface area (Å²) in [5, 5.41) is 10.8. The lowest BCUT2D eigenvalue weighted by atomic mass is 10.00. The van der Waals surface area contributed by atoms with Crippen molar-refractivity contribution in [1.82, 2.24) is 18.6 Å². The molecule has 0 saturated heterocycles. The molecule has 0 aromatic heterocycles. The largest absolute Gasteiger partial charge is 0.497 e. The molecule has 10 nitrogen and oxygen atoms in total. The topological polar surface area (TPSA) is 132 Å². The van der Waals surface area contributed by atoms with Crippen LogP contribution in [0.2, 0.25) is 0 Å². The zero-order chi connectivity index (χ0) is 23.8. The van der Waals surface area contributed by atoms with Gasteiger partial charge in [0.1, 0.15) is 11.6 Å². The lowest BCUT2D eigenvalue weighted by molar-refractivity contribution is 0.303. The van der Waals surface area contributed by atoms with Gasteiger partial charge in [0.2, 0.25) is 10.0 Å². The first-order valence-electron chi connectivity index (χ1n) is 9.58. The Morgan fingerprint density at radius 2 is 1.94 bits per heavy atom. The molecule has 0 fully saturated rings. The van der Waals surface area contributed by atoms with Gasteiger partial charge in [0.05, 0.1) is 19.4 Å². The van der Waals surface area contributed by atoms with Crippen molar-refractivity contribution in [3.63, 3.8) is 0 Å². The molecule has 0 aliphatic heterocycles. The van der Waals surface area contributed by atoms with Crippen LogP contribution in [0.5, 0.6) is 5.75 Å². The second-order valence-electron chi connectivity index (χ2n) is 7.16. The van der Waals surface area contributed by atoms with Gasteiger partial charge in [-0.15, -0.1) is 0 Å². The molecule has 12 heteroatoms. The summed E-state index contributed by atoms with van der Waals surface area (Å²) in [6, 6.07) is 6.80. The lowest BCUT2D eigenvalue weighted by Gasteiger charge is -2.33. The van der Waals surface area contributed by atoms with Crippen LogP contribution in [0.1, 0.15) is 31.4 Å². The van der Waals surface area contributed by atoms with E-state index in [1.807, 2.05) is 6.07 Å². The molecule has 1 unspecified atom stereocenters. The average molecular weight is 476 g/mol. The van der Waals surface area contributed by atoms with Crippen molar-refractivity contribution in [2.45, 2.75) is 25.8 Å². The van der Waals surface area contributed by atoms with E-state index in [2.05, 4.69) is 16.6 Å². The standard InChI is InChI=1S/C19H33N5O5S2/c1-15(20)13-19(17-9-7-10-18(14-17)29-5)23(4)16(2)22-31(27,28)24(30(6,25)26)12-8-11-21-3/h7,9-10,14,19-22H,2,8,11-13H2,1,3-6H3. The Hall–Kier alpha value is -2.15. The number of nitrogens with one attached hydrogen (secondary N) is 3. The van der Waals surface area contributed by atoms with E-state index >= 15 is 0 Å². The first-order chi connectivity index (χ1) is 14.3. The summed E-state index contributed by atoms with van der Waals surface area (Å²) in [6.45, 7) is 5.70. The molecular weight excluding hydrogens is 442 g/mol. The summed E-state index contributed by atoms with van der Waals surface area (Å²) in [5.74, 6) is 0.605. The van der Waals surface area contributed by atoms with Crippen molar-refractivity contribution in [3.05, 3.63) is 42.2 Å². The Bertz CT molecular complexity index is 979. The SMILES string of the molecule is C=C(NS(=O)(=O)N(CCCNC)S(C)(=O)=O)N(C)C(CC(C)=N)c1cccc(OC)c1. The predicted octanol–water partition coefficient (Wildman–Crippen LogP) is 1.27. The van der Waals surface area contributed by atoms with Crippen LogP contribution < -0.4 is 14.8 Å². The number of rotatable bonds is 14. The highest BCUT2D eigenvalue weighted by atomic mass is 32.3. The van der Waals surface area contributed by atoms with Crippen molar-refractivity contribution < 1.29 is 21.6 Å². The lowest BCUT2D eigenvalue weighted by Crippen LogP contribution is -2.46. The van der Waals surface area contributed by atoms with Gasteiger partial charge in [-0.05, 0) is 44.6 Å². The van der Waals surface area contributed by atoms with Gasteiger partial charge in [-0.2, -0.15) is 8.42 Å². The second kappa shape index (κ2) is 11.5. The van der Waals surface area contributed by atoms with Crippen LogP contribution in [0.25, 0.3) is 0 Å². The van der Waals surface area contributed by atoms with Gasteiger partial charge in [-0.1, -0.05) is 22.4 Å². The van der Waals surface area contributed by atoms with Crippen LogP contribution in [0, 0.1) is 5.41 Å². The van der Waals surface area contributed by atoms with E-state index in [0.29, 0.717) is 34.6 Å². The smallest absolute Gasteiger partial charge is 0.315 e. The third kappa shape index (κ3) is 8.13. The Morgan fingerprint density at radius 1 is 1.29 bits per heavy atom. The Kier molecular flexibility index (Phi) is 9.94. The van der Waals surface area contributed by atoms with E-state index < -0.39 is 26.3 Å². The van der Waals surface area contributed by atoms with Gasteiger partial charge < -0.3 is 20.4 Å². The van der Waals surface area contributed by atoms with Gasteiger partial charge in [0.25, 0.3) is 0 Å². The van der Waals surface area contributed by atoms with Crippen LogP contribution in [-0.4, -0.2) is 71.7 Å². The van der Waals surface area contributed by atoms with Crippen molar-refractivity contribution >= 4 is 25.9 Å². The normalized spacial score (nSPS) is 13.0. The van der Waals surface area contributed by atoms with E-state index in [4.69, 9.17) is 10.1 Å². The van der Waals surface area contributed by atoms with Crippen molar-refractivity contribution in [2.75, 3.05) is 40.6 Å². The number of benzene rings is 1. The molecule has 0 radical (unpaired) electrons. The number of methoxy groups -OCH3 is 1. The minimum atomic E-state index is -4.41. The number of nitrogens with zero attached hydrogens (tertiary/aromatic N) is 2. The first kappa shape index (κ1) is 26.9. The van der Waals surface area contributed by atoms with Gasteiger partial charge in [0.15, 0.2) is 0 Å². The van der Waals surface area contributed by atoms with E-state index in [-0.39, 0.29) is 12.4 Å². The third-order valence-electron chi connectivity index (χ3n) is 4.52. The third-order valence-corrected chi connectivity index (χ3v) is 8.06. The molecule has 0 amide bonds. The van der Waals surface area contributed by atoms with Crippen molar-refractivity contribution in [3.8, 4) is 5.75 Å². The molecular formula is C19H33N5O5S2. The van der Waals surface area contributed by atoms with E-state index in [1.54, 1.807) is 51.2 Å². The highest BCUT2D eigenvalue weighted by molar-refractivity contribution is 8.02. The van der Waals surface area contributed by atoms with E-state index in [9.17, 15) is 16.8 Å². The molecule has 176 valence electrons. The highest BCUT2D eigenvalue weighted by Gasteiger charge is 2.32. The quantitative estimate of drug-likeness (QED) is 0.273. The predicted molar refractivity (Wildman–Crippen MR) is 123 cm³/mol. The number of hydrogen-bond acceptors (Lipinski definition) is 8. The number of hydrogen-bond donors (Lipinski definition) is 3. The zero-order valence-electron chi connectivity index (χ0n) is 18.7. The summed E-state index contributed by atoms with van der Waals surface area (Å²) in [5.41, 5.74) is 1.18. The van der Waals surface area contributed by atoms with Gasteiger partial charge in [0, 0.05) is 25.7 Å². The Labute approximate surface area is 186 Å². The molecule has 3 N–H and O–H groups in total. The van der Waals surface area contributed by atoms with Crippen LogP contribution >= 0.6 is 0 Å². The average Bonchev–Trinajstić information content (AvgIpc) is 2.67. The summed E-state index contributed by atoms with van der Waals surface area (Å²) in [7, 11) is -3.58. The molecule has 1 atom stereocenters. The van der Waals surface area contributed by atoms with Crippen molar-refractivity contribution in [1.29, 1.82) is 5.41 Å². The van der Waals surface area contributed by atoms with Crippen molar-refractivity contribution in [2.24, 2.45) is 0 Å². The number of sulfonamides is 1. The molecule has 0 bridgehead atoms. The first-order valence-corrected chi connectivity index (χ1v) is 12.9. The summed E-state index contributed by atoms with van der Waals surface area (Å²) in [4.78, 5) is 1.57. The maximum absolute atomic E-state index is 12.8. The van der Waals surface area contributed by atoms with Gasteiger partial charge in [-0.3, -0.25) is 4.72 Å². The highest BCUT2D eigenvalue weighted by Crippen LogP contribution is 2.28. The molecule has 0 heterocycles. The fourth-order valence-corrected chi connectivity index (χ4v) is 5.84. The van der Waals surface area contributed by atoms with E-state index in [0.717, 1.165) is 11.8 Å². The molecule has 1 aromatic carbocycles. The Morgan fingerprint density at radius 3 is 2.45 bits per heavy atom. The molecule has 0 spiro atoms. The Balaban J connectivity index is 3.17. The monoisotopic (exact) mass is 475 g/mol. The van der Waals surface area contributed by atoms with Crippen LogP contribution in [0.3, 0.4) is 0 Å². The van der Waals surface area contributed by atoms with Gasteiger partial charge >= 0.3 is 10.2 Å². The van der Waals surface area contributed by atoms with Crippen LogP contribution in [-0.2, 0) is 20.2 Å². The maximum atomic E-state index is 12.8. The summed E-state index contributed by atoms with van der Waals surface area (Å²) in [6.07, 6.45) is 1.46. The fourth-order valence-electron chi connectivity index (χ4n) is 2.93. The summed E-state index contributed by atoms with van der Waals surface area (Å²) >= 11 is 0. The van der Waals surface area contributed by atoms with Gasteiger partial charge in [-0.25, -0.2) is 8.42 Å². The molecule has 31 heavy (non-hydrogen) atoms. The maximum Gasteiger partial charge on any atom is 0.315 e. The molecule has 1 aromatic rings.